The van der Waals surface area contributed by atoms with Gasteiger partial charge in [-0.05, 0) is 29.8 Å². The van der Waals surface area contributed by atoms with Crippen molar-refractivity contribution in [1.29, 1.82) is 0 Å². The molecule has 1 aromatic heterocycles. The summed E-state index contributed by atoms with van der Waals surface area (Å²) in [7, 11) is 0. The van der Waals surface area contributed by atoms with Crippen molar-refractivity contribution < 1.29 is 13.9 Å². The first-order chi connectivity index (χ1) is 12.2. The number of nitrogens with zero attached hydrogens (tertiary/aromatic N) is 3. The van der Waals surface area contributed by atoms with Gasteiger partial charge in [-0.1, -0.05) is 0 Å². The fourth-order valence-corrected chi connectivity index (χ4v) is 3.58. The largest absolute Gasteiger partial charge is 0.377 e. The van der Waals surface area contributed by atoms with Crippen molar-refractivity contribution in [3.05, 3.63) is 48.0 Å². The summed E-state index contributed by atoms with van der Waals surface area (Å²) in [6.07, 6.45) is 3.60. The van der Waals surface area contributed by atoms with E-state index >= 15 is 0 Å². The van der Waals surface area contributed by atoms with Gasteiger partial charge in [0.05, 0.1) is 25.5 Å². The second kappa shape index (κ2) is 7.21. The van der Waals surface area contributed by atoms with Crippen molar-refractivity contribution in [3.63, 3.8) is 0 Å². The molecule has 0 aliphatic carbocycles. The highest BCUT2D eigenvalue weighted by Gasteiger charge is 2.38. The Kier molecular flexibility index (Phi) is 4.80. The van der Waals surface area contributed by atoms with Crippen molar-refractivity contribution >= 4 is 0 Å². The van der Waals surface area contributed by atoms with Gasteiger partial charge >= 0.3 is 0 Å². The maximum Gasteiger partial charge on any atom is 0.123 e. The average Bonchev–Trinajstić information content (AvgIpc) is 3.04. The van der Waals surface area contributed by atoms with E-state index < -0.39 is 0 Å². The molecular weight excluding hydrogens is 323 g/mol. The average molecular weight is 346 g/mol. The summed E-state index contributed by atoms with van der Waals surface area (Å²) in [5.74, 6) is -0.228. The summed E-state index contributed by atoms with van der Waals surface area (Å²) in [5.41, 5.74) is 1.50. The van der Waals surface area contributed by atoms with Crippen molar-refractivity contribution in [2.24, 2.45) is 0 Å². The lowest BCUT2D eigenvalue weighted by Crippen LogP contribution is -2.57. The van der Waals surface area contributed by atoms with Crippen molar-refractivity contribution in [3.8, 4) is 5.69 Å². The molecule has 1 N–H and O–H groups in total. The van der Waals surface area contributed by atoms with Crippen LogP contribution >= 0.6 is 0 Å². The third-order valence-electron chi connectivity index (χ3n) is 4.75. The van der Waals surface area contributed by atoms with Gasteiger partial charge in [-0.25, -0.2) is 9.07 Å². The van der Waals surface area contributed by atoms with Crippen LogP contribution in [0, 0.1) is 5.82 Å². The van der Waals surface area contributed by atoms with Crippen LogP contribution in [0.15, 0.2) is 36.7 Å². The Balaban J connectivity index is 1.54. The van der Waals surface area contributed by atoms with Gasteiger partial charge in [0.2, 0.25) is 0 Å². The summed E-state index contributed by atoms with van der Waals surface area (Å²) < 4.78 is 27.4. The Hall–Kier alpha value is -1.80. The van der Waals surface area contributed by atoms with Gasteiger partial charge in [-0.2, -0.15) is 5.10 Å². The molecule has 1 atom stereocenters. The molecular formula is C18H23FN4O2. The number of hydrogen-bond donors (Lipinski definition) is 1. The molecule has 2 aliphatic heterocycles. The highest BCUT2D eigenvalue weighted by molar-refractivity contribution is 5.40. The van der Waals surface area contributed by atoms with Crippen molar-refractivity contribution in [1.82, 2.24) is 20.0 Å². The van der Waals surface area contributed by atoms with Gasteiger partial charge < -0.3 is 14.8 Å². The van der Waals surface area contributed by atoms with E-state index in [0.717, 1.165) is 37.4 Å². The SMILES string of the molecule is Fc1ccc(-n2cccn2)c(CN2CCO[C@@]3(CNCCOC3)C2)c1. The number of halogens is 1. The molecule has 6 nitrogen and oxygen atoms in total. The van der Waals surface area contributed by atoms with Gasteiger partial charge in [0.25, 0.3) is 0 Å². The third-order valence-corrected chi connectivity index (χ3v) is 4.75. The van der Waals surface area contributed by atoms with Crippen LogP contribution in [0.25, 0.3) is 5.69 Å². The molecule has 2 saturated heterocycles. The van der Waals surface area contributed by atoms with E-state index in [4.69, 9.17) is 9.47 Å². The molecule has 0 amide bonds. The van der Waals surface area contributed by atoms with E-state index in [1.54, 1.807) is 23.0 Å². The molecule has 7 heteroatoms. The quantitative estimate of drug-likeness (QED) is 0.905. The normalized spacial score (nSPS) is 25.2. The molecule has 134 valence electrons. The van der Waals surface area contributed by atoms with E-state index in [1.165, 1.54) is 6.07 Å². The minimum atomic E-state index is -0.325. The zero-order valence-electron chi connectivity index (χ0n) is 14.2. The first kappa shape index (κ1) is 16.7. The number of benzene rings is 1. The number of nitrogens with one attached hydrogen (secondary N) is 1. The molecule has 1 spiro atoms. The van der Waals surface area contributed by atoms with Crippen LogP contribution in [0.1, 0.15) is 5.56 Å². The molecule has 0 unspecified atom stereocenters. The maximum absolute atomic E-state index is 13.8. The number of aromatic nitrogens is 2. The zero-order valence-corrected chi connectivity index (χ0v) is 14.2. The van der Waals surface area contributed by atoms with E-state index in [0.29, 0.717) is 26.4 Å². The number of rotatable bonds is 3. The Morgan fingerprint density at radius 2 is 2.28 bits per heavy atom. The van der Waals surface area contributed by atoms with Crippen molar-refractivity contribution in [2.75, 3.05) is 46.0 Å². The third kappa shape index (κ3) is 3.74. The van der Waals surface area contributed by atoms with Gasteiger partial charge in [0, 0.05) is 45.1 Å². The lowest BCUT2D eigenvalue weighted by molar-refractivity contribution is -0.135. The molecule has 2 fully saturated rings. The predicted molar refractivity (Wildman–Crippen MR) is 91.2 cm³/mol. The van der Waals surface area contributed by atoms with E-state index in [9.17, 15) is 4.39 Å². The molecule has 2 aromatic rings. The van der Waals surface area contributed by atoms with E-state index in [2.05, 4.69) is 15.3 Å². The maximum atomic E-state index is 13.8. The summed E-state index contributed by atoms with van der Waals surface area (Å²) in [5, 5.41) is 7.67. The Bertz CT molecular complexity index is 699. The first-order valence-corrected chi connectivity index (χ1v) is 8.67. The predicted octanol–water partition coefficient (Wildman–Crippen LogP) is 1.20. The van der Waals surface area contributed by atoms with Crippen LogP contribution in [0.4, 0.5) is 4.39 Å². The Morgan fingerprint density at radius 3 is 3.16 bits per heavy atom. The molecule has 4 rings (SSSR count). The van der Waals surface area contributed by atoms with Crippen LogP contribution in [0.2, 0.25) is 0 Å². The second-order valence-corrected chi connectivity index (χ2v) is 6.70. The summed E-state index contributed by atoms with van der Waals surface area (Å²) in [6, 6.07) is 6.72. The monoisotopic (exact) mass is 346 g/mol. The van der Waals surface area contributed by atoms with Gasteiger partial charge in [-0.3, -0.25) is 4.90 Å². The van der Waals surface area contributed by atoms with Gasteiger partial charge in [-0.15, -0.1) is 0 Å². The van der Waals surface area contributed by atoms with Crippen LogP contribution in [0.3, 0.4) is 0 Å². The first-order valence-electron chi connectivity index (χ1n) is 8.67. The minimum Gasteiger partial charge on any atom is -0.377 e. The van der Waals surface area contributed by atoms with E-state index in [-0.39, 0.29) is 11.4 Å². The zero-order chi connectivity index (χ0) is 17.1. The molecule has 0 saturated carbocycles. The molecule has 2 aliphatic rings. The summed E-state index contributed by atoms with van der Waals surface area (Å²) in [6.45, 7) is 5.79. The standard InChI is InChI=1S/C18H23FN4O2/c19-16-2-3-17(23-6-1-4-21-23)15(10-16)11-22-7-9-25-18(13-22)12-20-5-8-24-14-18/h1-4,6,10,20H,5,7-9,11-14H2/t18-/m0/s1. The molecule has 3 heterocycles. The van der Waals surface area contributed by atoms with E-state index in [1.807, 2.05) is 12.3 Å². The highest BCUT2D eigenvalue weighted by atomic mass is 19.1. The Morgan fingerprint density at radius 1 is 1.32 bits per heavy atom. The minimum absolute atomic E-state index is 0.228. The Labute approximate surface area is 146 Å². The van der Waals surface area contributed by atoms with Crippen LogP contribution in [0.5, 0.6) is 0 Å². The number of ether oxygens (including phenoxy) is 2. The molecule has 25 heavy (non-hydrogen) atoms. The molecule has 0 bridgehead atoms. The fraction of sp³-hybridized carbons (Fsp3) is 0.500. The topological polar surface area (TPSA) is 51.5 Å². The lowest BCUT2D eigenvalue weighted by Gasteiger charge is -2.42. The molecule has 0 radical (unpaired) electrons. The van der Waals surface area contributed by atoms with Crippen LogP contribution < -0.4 is 5.32 Å². The number of morpholine rings is 1. The fourth-order valence-electron chi connectivity index (χ4n) is 3.58. The van der Waals surface area contributed by atoms with Crippen molar-refractivity contribution in [2.45, 2.75) is 12.1 Å². The van der Waals surface area contributed by atoms with Gasteiger partial charge in [0.15, 0.2) is 0 Å². The summed E-state index contributed by atoms with van der Waals surface area (Å²) >= 11 is 0. The second-order valence-electron chi connectivity index (χ2n) is 6.70. The highest BCUT2D eigenvalue weighted by Crippen LogP contribution is 2.23. The van der Waals surface area contributed by atoms with Crippen LogP contribution in [-0.4, -0.2) is 66.3 Å². The van der Waals surface area contributed by atoms with Crippen LogP contribution in [-0.2, 0) is 16.0 Å². The molecule has 1 aromatic carbocycles. The lowest BCUT2D eigenvalue weighted by atomic mass is 10.0. The summed E-state index contributed by atoms with van der Waals surface area (Å²) in [4.78, 5) is 2.31. The number of hydrogen-bond acceptors (Lipinski definition) is 5. The smallest absolute Gasteiger partial charge is 0.123 e. The van der Waals surface area contributed by atoms with Gasteiger partial charge in [0.1, 0.15) is 11.4 Å².